The molecule has 0 aliphatic heterocycles. The minimum absolute atomic E-state index is 0.0334. The number of aliphatic hydroxyl groups is 1. The average Bonchev–Trinajstić information content (AvgIpc) is 2.84. The van der Waals surface area contributed by atoms with Crippen molar-refractivity contribution >= 4 is 10.0 Å². The van der Waals surface area contributed by atoms with Crippen molar-refractivity contribution in [3.8, 4) is 0 Å². The fourth-order valence-corrected chi connectivity index (χ4v) is 4.46. The number of hydrogen-bond donors (Lipinski definition) is 1. The maximum atomic E-state index is 12.6. The van der Waals surface area contributed by atoms with Crippen molar-refractivity contribution in [3.05, 3.63) is 18.5 Å². The quantitative estimate of drug-likeness (QED) is 0.888. The molecular weight excluding hydrogens is 264 g/mol. The smallest absolute Gasteiger partial charge is 0.244 e. The largest absolute Gasteiger partial charge is 0.395 e. The topological polar surface area (TPSA) is 62.5 Å². The van der Waals surface area contributed by atoms with E-state index in [0.717, 1.165) is 25.7 Å². The summed E-state index contributed by atoms with van der Waals surface area (Å²) in [5.74, 6) is 0. The van der Waals surface area contributed by atoms with Gasteiger partial charge in [-0.2, -0.15) is 4.31 Å². The lowest BCUT2D eigenvalue weighted by atomic mass is 9.95. The molecule has 0 atom stereocenters. The summed E-state index contributed by atoms with van der Waals surface area (Å²) in [6.45, 7) is 0.0461. The molecule has 2 rings (SSSR count). The van der Waals surface area contributed by atoms with Gasteiger partial charge in [0.15, 0.2) is 0 Å². The highest BCUT2D eigenvalue weighted by Crippen LogP contribution is 2.27. The molecule has 1 fully saturated rings. The Kier molecular flexibility index (Phi) is 4.65. The van der Waals surface area contributed by atoms with E-state index in [9.17, 15) is 13.5 Å². The van der Waals surface area contributed by atoms with Crippen molar-refractivity contribution in [2.75, 3.05) is 13.2 Å². The molecule has 0 spiro atoms. The minimum atomic E-state index is -3.49. The monoisotopic (exact) mass is 286 g/mol. The molecule has 0 radical (unpaired) electrons. The van der Waals surface area contributed by atoms with Crippen molar-refractivity contribution in [3.63, 3.8) is 0 Å². The summed E-state index contributed by atoms with van der Waals surface area (Å²) in [6.07, 6.45) is 8.44. The molecule has 1 aliphatic rings. The molecule has 1 saturated carbocycles. The molecule has 108 valence electrons. The molecule has 1 N–H and O–H groups in total. The first-order chi connectivity index (χ1) is 9.05. The first kappa shape index (κ1) is 14.6. The van der Waals surface area contributed by atoms with Gasteiger partial charge in [-0.1, -0.05) is 19.3 Å². The van der Waals surface area contributed by atoms with E-state index in [1.54, 1.807) is 30.1 Å². The van der Waals surface area contributed by atoms with E-state index >= 15 is 0 Å². The van der Waals surface area contributed by atoms with Gasteiger partial charge in [-0.3, -0.25) is 0 Å². The van der Waals surface area contributed by atoms with E-state index in [0.29, 0.717) is 4.90 Å². The number of hydrogen-bond acceptors (Lipinski definition) is 3. The lowest BCUT2D eigenvalue weighted by molar-refractivity contribution is 0.199. The Hall–Kier alpha value is -0.850. The summed E-state index contributed by atoms with van der Waals surface area (Å²) in [5.41, 5.74) is 0. The molecule has 0 saturated heterocycles. The Morgan fingerprint density at radius 2 is 2.05 bits per heavy atom. The van der Waals surface area contributed by atoms with Crippen LogP contribution in [0, 0.1) is 0 Å². The molecule has 19 heavy (non-hydrogen) atoms. The van der Waals surface area contributed by atoms with Gasteiger partial charge in [0.25, 0.3) is 0 Å². The zero-order valence-electron chi connectivity index (χ0n) is 11.3. The molecule has 1 aromatic heterocycles. The van der Waals surface area contributed by atoms with Crippen LogP contribution in [0.2, 0.25) is 0 Å². The summed E-state index contributed by atoms with van der Waals surface area (Å²) in [4.78, 5) is 0.314. The Labute approximate surface area is 114 Å². The highest BCUT2D eigenvalue weighted by molar-refractivity contribution is 7.89. The second-order valence-corrected chi connectivity index (χ2v) is 7.03. The Bertz CT molecular complexity index is 504. The van der Waals surface area contributed by atoms with Gasteiger partial charge in [0.1, 0.15) is 0 Å². The third kappa shape index (κ3) is 3.19. The molecule has 0 bridgehead atoms. The normalized spacial score (nSPS) is 18.1. The highest BCUT2D eigenvalue weighted by atomic mass is 32.2. The van der Waals surface area contributed by atoms with E-state index in [1.807, 2.05) is 0 Å². The van der Waals surface area contributed by atoms with Crippen LogP contribution in [0.5, 0.6) is 0 Å². The Balaban J connectivity index is 2.26. The van der Waals surface area contributed by atoms with E-state index in [4.69, 9.17) is 0 Å². The van der Waals surface area contributed by atoms with Crippen molar-refractivity contribution in [1.29, 1.82) is 0 Å². The minimum Gasteiger partial charge on any atom is -0.395 e. The van der Waals surface area contributed by atoms with Crippen LogP contribution in [-0.4, -0.2) is 41.6 Å². The van der Waals surface area contributed by atoms with Crippen LogP contribution in [0.3, 0.4) is 0 Å². The van der Waals surface area contributed by atoms with E-state index in [-0.39, 0.29) is 19.2 Å². The maximum Gasteiger partial charge on any atom is 0.244 e. The number of nitrogens with zero attached hydrogens (tertiary/aromatic N) is 2. The summed E-state index contributed by atoms with van der Waals surface area (Å²) < 4.78 is 28.5. The molecular formula is C13H22N2O3S. The molecule has 1 heterocycles. The van der Waals surface area contributed by atoms with Gasteiger partial charge < -0.3 is 9.67 Å². The molecule has 6 heteroatoms. The van der Waals surface area contributed by atoms with Crippen LogP contribution in [0.4, 0.5) is 0 Å². The van der Waals surface area contributed by atoms with Gasteiger partial charge in [-0.15, -0.1) is 0 Å². The van der Waals surface area contributed by atoms with Gasteiger partial charge in [0.2, 0.25) is 10.0 Å². The average molecular weight is 286 g/mol. The van der Waals surface area contributed by atoms with E-state index in [2.05, 4.69) is 0 Å². The van der Waals surface area contributed by atoms with Crippen LogP contribution in [0.25, 0.3) is 0 Å². The lowest BCUT2D eigenvalue weighted by Gasteiger charge is -2.32. The summed E-state index contributed by atoms with van der Waals surface area (Å²) >= 11 is 0. The predicted octanol–water partition coefficient (Wildman–Crippen LogP) is 1.34. The van der Waals surface area contributed by atoms with E-state index in [1.165, 1.54) is 10.7 Å². The Morgan fingerprint density at radius 1 is 1.37 bits per heavy atom. The second-order valence-electron chi connectivity index (χ2n) is 5.14. The van der Waals surface area contributed by atoms with Crippen LogP contribution in [-0.2, 0) is 17.1 Å². The van der Waals surface area contributed by atoms with Gasteiger partial charge in [-0.05, 0) is 18.9 Å². The number of aliphatic hydroxyl groups excluding tert-OH is 1. The third-order valence-corrected chi connectivity index (χ3v) is 5.65. The highest BCUT2D eigenvalue weighted by Gasteiger charge is 2.32. The van der Waals surface area contributed by atoms with Crippen LogP contribution >= 0.6 is 0 Å². The van der Waals surface area contributed by atoms with Crippen molar-refractivity contribution in [1.82, 2.24) is 8.87 Å². The zero-order chi connectivity index (χ0) is 13.9. The first-order valence-electron chi connectivity index (χ1n) is 6.80. The number of aryl methyl sites for hydroxylation is 1. The number of rotatable bonds is 5. The Morgan fingerprint density at radius 3 is 2.58 bits per heavy atom. The molecule has 0 aromatic carbocycles. The third-order valence-electron chi connectivity index (χ3n) is 3.71. The molecule has 5 nitrogen and oxygen atoms in total. The number of aromatic nitrogens is 1. The molecule has 0 amide bonds. The predicted molar refractivity (Wildman–Crippen MR) is 73.3 cm³/mol. The van der Waals surface area contributed by atoms with Crippen molar-refractivity contribution in [2.45, 2.75) is 43.0 Å². The maximum absolute atomic E-state index is 12.6. The summed E-state index contributed by atoms with van der Waals surface area (Å²) in [7, 11) is -1.69. The fourth-order valence-electron chi connectivity index (χ4n) is 2.73. The van der Waals surface area contributed by atoms with Gasteiger partial charge in [0.05, 0.1) is 11.5 Å². The van der Waals surface area contributed by atoms with Gasteiger partial charge in [-0.25, -0.2) is 8.42 Å². The fraction of sp³-hybridized carbons (Fsp3) is 0.692. The first-order valence-corrected chi connectivity index (χ1v) is 8.24. The van der Waals surface area contributed by atoms with Crippen LogP contribution < -0.4 is 0 Å². The lowest BCUT2D eigenvalue weighted by Crippen LogP contribution is -2.42. The standard InChI is InChI=1S/C13H22N2O3S/c1-14-8-7-13(11-14)19(17,18)15(9-10-16)12-5-3-2-4-6-12/h7-8,11-12,16H,2-6,9-10H2,1H3. The zero-order valence-corrected chi connectivity index (χ0v) is 12.1. The van der Waals surface area contributed by atoms with E-state index < -0.39 is 10.0 Å². The molecule has 0 unspecified atom stereocenters. The second kappa shape index (κ2) is 6.07. The van der Waals surface area contributed by atoms with Crippen LogP contribution in [0.15, 0.2) is 23.4 Å². The van der Waals surface area contributed by atoms with Gasteiger partial charge >= 0.3 is 0 Å². The van der Waals surface area contributed by atoms with Gasteiger partial charge in [0, 0.05) is 32.0 Å². The SMILES string of the molecule is Cn1ccc(S(=O)(=O)N(CCO)C2CCCCC2)c1. The summed E-state index contributed by atoms with van der Waals surface area (Å²) in [5, 5.41) is 9.17. The molecule has 1 aromatic rings. The summed E-state index contributed by atoms with van der Waals surface area (Å²) in [6, 6.07) is 1.65. The van der Waals surface area contributed by atoms with Crippen molar-refractivity contribution < 1.29 is 13.5 Å². The molecule has 1 aliphatic carbocycles. The van der Waals surface area contributed by atoms with Crippen LogP contribution in [0.1, 0.15) is 32.1 Å². The van der Waals surface area contributed by atoms with Crippen molar-refractivity contribution in [2.24, 2.45) is 7.05 Å². The number of sulfonamides is 1.